The number of hydrogen-bond acceptors (Lipinski definition) is 4. The van der Waals surface area contributed by atoms with E-state index in [0.717, 1.165) is 0 Å². The third-order valence-electron chi connectivity index (χ3n) is 2.50. The molecule has 110 valence electrons. The number of alkyl halides is 3. The Bertz CT molecular complexity index is 549. The number of rotatable bonds is 5. The van der Waals surface area contributed by atoms with Gasteiger partial charge in [-0.3, -0.25) is 0 Å². The fourth-order valence-electron chi connectivity index (χ4n) is 1.70. The number of furan rings is 1. The van der Waals surface area contributed by atoms with Crippen LogP contribution in [0.5, 0.6) is 0 Å². The number of aryl methyl sites for hydroxylation is 2. The summed E-state index contributed by atoms with van der Waals surface area (Å²) in [5, 5.41) is 0. The van der Waals surface area contributed by atoms with E-state index in [4.69, 9.17) is 10.2 Å². The van der Waals surface area contributed by atoms with E-state index < -0.39 is 29.2 Å². The number of sulfonamides is 1. The fourth-order valence-corrected chi connectivity index (χ4v) is 3.18. The maximum Gasteiger partial charge on any atom is 0.390 e. The van der Waals surface area contributed by atoms with Crippen LogP contribution in [0.1, 0.15) is 23.5 Å². The highest BCUT2D eigenvalue weighted by Gasteiger charge is 2.30. The summed E-state index contributed by atoms with van der Waals surface area (Å²) < 4.78 is 66.9. The van der Waals surface area contributed by atoms with Gasteiger partial charge in [0.05, 0.1) is 6.42 Å². The van der Waals surface area contributed by atoms with Gasteiger partial charge in [0, 0.05) is 18.7 Å². The quantitative estimate of drug-likeness (QED) is 0.864. The first-order valence-corrected chi connectivity index (χ1v) is 6.92. The molecule has 0 aromatic carbocycles. The third kappa shape index (κ3) is 3.95. The normalized spacial score (nSPS) is 12.9. The molecule has 0 aliphatic rings. The fraction of sp³-hybridized carbons (Fsp3) is 0.600. The minimum atomic E-state index is -4.42. The Balaban J connectivity index is 2.95. The third-order valence-corrected chi connectivity index (χ3v) is 4.15. The molecule has 0 unspecified atom stereocenters. The maximum atomic E-state index is 12.0. The molecule has 1 heterocycles. The van der Waals surface area contributed by atoms with Gasteiger partial charge in [0.2, 0.25) is 10.0 Å². The van der Waals surface area contributed by atoms with Crippen LogP contribution in [-0.2, 0) is 16.6 Å². The first-order valence-electron chi connectivity index (χ1n) is 5.44. The van der Waals surface area contributed by atoms with Crippen molar-refractivity contribution < 1.29 is 26.0 Å². The molecule has 0 aliphatic carbocycles. The second kappa shape index (κ2) is 5.51. The Morgan fingerprint density at radius 3 is 2.32 bits per heavy atom. The molecule has 0 bridgehead atoms. The molecule has 9 heteroatoms. The number of nitrogens with two attached hydrogens (primary N) is 1. The van der Waals surface area contributed by atoms with Crippen LogP contribution in [-0.4, -0.2) is 21.1 Å². The van der Waals surface area contributed by atoms with Crippen LogP contribution in [0.15, 0.2) is 9.31 Å². The lowest BCUT2D eigenvalue weighted by atomic mass is 10.2. The summed E-state index contributed by atoms with van der Waals surface area (Å²) in [6.45, 7) is 2.17. The summed E-state index contributed by atoms with van der Waals surface area (Å²) >= 11 is 0. The average molecular weight is 300 g/mol. The molecule has 0 fully saturated rings. The van der Waals surface area contributed by atoms with Crippen molar-refractivity contribution in [3.05, 3.63) is 17.1 Å². The Labute approximate surface area is 109 Å². The Hall–Kier alpha value is -1.06. The smallest absolute Gasteiger partial charge is 0.390 e. The second-order valence-electron chi connectivity index (χ2n) is 3.99. The first-order chi connectivity index (χ1) is 8.58. The maximum absolute atomic E-state index is 12.0. The monoisotopic (exact) mass is 300 g/mol. The molecule has 0 radical (unpaired) electrons. The van der Waals surface area contributed by atoms with Crippen molar-refractivity contribution in [3.63, 3.8) is 0 Å². The molecular weight excluding hydrogens is 285 g/mol. The highest BCUT2D eigenvalue weighted by atomic mass is 32.2. The van der Waals surface area contributed by atoms with Crippen LogP contribution in [0.4, 0.5) is 13.2 Å². The van der Waals surface area contributed by atoms with Crippen LogP contribution >= 0.6 is 0 Å². The average Bonchev–Trinajstić information content (AvgIpc) is 2.50. The first kappa shape index (κ1) is 16.0. The summed E-state index contributed by atoms with van der Waals surface area (Å²) in [5.41, 5.74) is 5.70. The molecule has 0 amide bonds. The Kier molecular flexibility index (Phi) is 4.64. The van der Waals surface area contributed by atoms with Gasteiger partial charge in [-0.15, -0.1) is 0 Å². The van der Waals surface area contributed by atoms with Crippen molar-refractivity contribution in [1.82, 2.24) is 4.72 Å². The molecule has 19 heavy (non-hydrogen) atoms. The van der Waals surface area contributed by atoms with Crippen molar-refractivity contribution in [2.75, 3.05) is 6.54 Å². The molecule has 1 aromatic rings. The van der Waals surface area contributed by atoms with Gasteiger partial charge in [0.1, 0.15) is 16.4 Å². The van der Waals surface area contributed by atoms with E-state index in [2.05, 4.69) is 0 Å². The molecule has 1 rings (SSSR count). The molecule has 0 spiro atoms. The molecule has 5 nitrogen and oxygen atoms in total. The van der Waals surface area contributed by atoms with E-state index in [1.54, 1.807) is 6.92 Å². The van der Waals surface area contributed by atoms with E-state index in [1.807, 2.05) is 4.72 Å². The molecule has 0 saturated heterocycles. The zero-order valence-electron chi connectivity index (χ0n) is 10.5. The summed E-state index contributed by atoms with van der Waals surface area (Å²) in [6, 6.07) is 0. The summed E-state index contributed by atoms with van der Waals surface area (Å²) in [7, 11) is -4.06. The number of hydrogen-bond donors (Lipinski definition) is 2. The molecule has 0 atom stereocenters. The standard InChI is InChI=1S/C10H15F3N2O3S/c1-6-8(5-14)9(7(2)18-6)19(16,17)15-4-3-10(11,12)13/h15H,3-5,14H2,1-2H3. The van der Waals surface area contributed by atoms with Crippen molar-refractivity contribution in [3.8, 4) is 0 Å². The van der Waals surface area contributed by atoms with Crippen molar-refractivity contribution in [2.24, 2.45) is 5.73 Å². The van der Waals surface area contributed by atoms with Crippen LogP contribution in [0, 0.1) is 13.8 Å². The highest BCUT2D eigenvalue weighted by molar-refractivity contribution is 7.89. The van der Waals surface area contributed by atoms with Gasteiger partial charge >= 0.3 is 6.18 Å². The van der Waals surface area contributed by atoms with Gasteiger partial charge in [-0.1, -0.05) is 0 Å². The van der Waals surface area contributed by atoms with Crippen LogP contribution in [0.25, 0.3) is 0 Å². The Morgan fingerprint density at radius 2 is 1.84 bits per heavy atom. The molecule has 1 aromatic heterocycles. The van der Waals surface area contributed by atoms with Gasteiger partial charge in [-0.2, -0.15) is 13.2 Å². The summed E-state index contributed by atoms with van der Waals surface area (Å²) in [6.07, 6.45) is -5.65. The van der Waals surface area contributed by atoms with Gasteiger partial charge in [0.15, 0.2) is 0 Å². The zero-order chi connectivity index (χ0) is 14.8. The lowest BCUT2D eigenvalue weighted by molar-refractivity contribution is -0.132. The second-order valence-corrected chi connectivity index (χ2v) is 5.69. The van der Waals surface area contributed by atoms with Crippen LogP contribution in [0.2, 0.25) is 0 Å². The zero-order valence-corrected chi connectivity index (χ0v) is 11.3. The topological polar surface area (TPSA) is 85.3 Å². The van der Waals surface area contributed by atoms with E-state index in [9.17, 15) is 21.6 Å². The lowest BCUT2D eigenvalue weighted by Gasteiger charge is -2.09. The van der Waals surface area contributed by atoms with E-state index in [0.29, 0.717) is 5.76 Å². The predicted molar refractivity (Wildman–Crippen MR) is 61.9 cm³/mol. The predicted octanol–water partition coefficient (Wildman–Crippen LogP) is 1.59. The minimum absolute atomic E-state index is 0.0707. The molecule has 3 N–H and O–H groups in total. The van der Waals surface area contributed by atoms with Crippen molar-refractivity contribution in [1.29, 1.82) is 0 Å². The lowest BCUT2D eigenvalue weighted by Crippen LogP contribution is -2.29. The van der Waals surface area contributed by atoms with E-state index in [-0.39, 0.29) is 22.8 Å². The molecule has 0 saturated carbocycles. The summed E-state index contributed by atoms with van der Waals surface area (Å²) in [5.74, 6) is 0.452. The van der Waals surface area contributed by atoms with Crippen LogP contribution in [0.3, 0.4) is 0 Å². The van der Waals surface area contributed by atoms with Crippen LogP contribution < -0.4 is 10.5 Å². The van der Waals surface area contributed by atoms with E-state index in [1.165, 1.54) is 6.92 Å². The number of halogens is 3. The van der Waals surface area contributed by atoms with Crippen molar-refractivity contribution >= 4 is 10.0 Å². The van der Waals surface area contributed by atoms with Gasteiger partial charge in [-0.05, 0) is 13.8 Å². The Morgan fingerprint density at radius 1 is 1.26 bits per heavy atom. The molecule has 0 aliphatic heterocycles. The largest absolute Gasteiger partial charge is 0.465 e. The van der Waals surface area contributed by atoms with Crippen molar-refractivity contribution in [2.45, 2.75) is 37.9 Å². The highest BCUT2D eigenvalue weighted by Crippen LogP contribution is 2.26. The molecular formula is C10H15F3N2O3S. The summed E-state index contributed by atoms with van der Waals surface area (Å²) in [4.78, 5) is -0.172. The van der Waals surface area contributed by atoms with Gasteiger partial charge in [-0.25, -0.2) is 13.1 Å². The van der Waals surface area contributed by atoms with Gasteiger partial charge < -0.3 is 10.2 Å². The van der Waals surface area contributed by atoms with E-state index >= 15 is 0 Å². The number of nitrogens with one attached hydrogen (secondary N) is 1. The minimum Gasteiger partial charge on any atom is -0.465 e. The SMILES string of the molecule is Cc1oc(C)c(S(=O)(=O)NCCC(F)(F)F)c1CN. The van der Waals surface area contributed by atoms with Gasteiger partial charge in [0.25, 0.3) is 0 Å².